The Hall–Kier alpha value is -4.54. The fourth-order valence-corrected chi connectivity index (χ4v) is 6.32. The second-order valence-corrected chi connectivity index (χ2v) is 11.7. The largest absolute Gasteiger partial charge is 0.369 e. The molecule has 9 nitrogen and oxygen atoms in total. The number of anilines is 2. The maximum absolute atomic E-state index is 13.7. The van der Waals surface area contributed by atoms with Crippen LogP contribution in [0.5, 0.6) is 0 Å². The average Bonchev–Trinajstić information content (AvgIpc) is 3.04. The van der Waals surface area contributed by atoms with E-state index in [2.05, 4.69) is 20.1 Å². The Morgan fingerprint density at radius 1 is 0.762 bits per heavy atom. The Bertz CT molecular complexity index is 1580. The fourth-order valence-electron chi connectivity index (χ4n) is 4.90. The van der Waals surface area contributed by atoms with Gasteiger partial charge in [-0.3, -0.25) is 19.5 Å². The van der Waals surface area contributed by atoms with Crippen molar-refractivity contribution in [3.05, 3.63) is 121 Å². The van der Waals surface area contributed by atoms with Crippen molar-refractivity contribution in [3.8, 4) is 0 Å². The highest BCUT2D eigenvalue weighted by Gasteiger charge is 2.32. The minimum atomic E-state index is -4.26. The minimum Gasteiger partial charge on any atom is -0.369 e. The number of pyridine rings is 1. The van der Waals surface area contributed by atoms with Gasteiger partial charge in [-0.15, -0.1) is 0 Å². The van der Waals surface area contributed by atoms with E-state index in [1.54, 1.807) is 60.7 Å². The molecule has 1 aliphatic heterocycles. The van der Waals surface area contributed by atoms with Crippen molar-refractivity contribution in [3.63, 3.8) is 0 Å². The number of nitrogens with zero attached hydrogens (tertiary/aromatic N) is 4. The van der Waals surface area contributed by atoms with Crippen molar-refractivity contribution in [2.24, 2.45) is 0 Å². The van der Waals surface area contributed by atoms with Gasteiger partial charge in [0, 0.05) is 61.9 Å². The summed E-state index contributed by atoms with van der Waals surface area (Å²) < 4.78 is 28.2. The molecule has 1 aromatic heterocycles. The molecule has 10 heteroatoms. The van der Waals surface area contributed by atoms with Crippen molar-refractivity contribution < 1.29 is 18.0 Å². The maximum Gasteiger partial charge on any atom is 0.272 e. The number of nitrogens with one attached hydrogen (secondary N) is 1. The zero-order chi connectivity index (χ0) is 29.4. The molecule has 0 aliphatic carbocycles. The molecular weight excluding hydrogens is 550 g/mol. The number of aromatic nitrogens is 1. The first-order valence-corrected chi connectivity index (χ1v) is 15.3. The topological polar surface area (TPSA) is 103 Å². The van der Waals surface area contributed by atoms with E-state index in [4.69, 9.17) is 0 Å². The van der Waals surface area contributed by atoms with Crippen LogP contribution < -0.4 is 14.5 Å². The number of hydrogen-bond donors (Lipinski definition) is 1. The van der Waals surface area contributed by atoms with Gasteiger partial charge in [0.2, 0.25) is 0 Å². The molecule has 1 N–H and O–H groups in total. The highest BCUT2D eigenvalue weighted by Crippen LogP contribution is 2.26. The predicted molar refractivity (Wildman–Crippen MR) is 163 cm³/mol. The van der Waals surface area contributed by atoms with E-state index in [0.29, 0.717) is 12.1 Å². The van der Waals surface area contributed by atoms with Crippen LogP contribution >= 0.6 is 0 Å². The van der Waals surface area contributed by atoms with Gasteiger partial charge in [-0.1, -0.05) is 36.4 Å². The van der Waals surface area contributed by atoms with Gasteiger partial charge in [-0.2, -0.15) is 4.31 Å². The van der Waals surface area contributed by atoms with E-state index in [-0.39, 0.29) is 22.1 Å². The summed E-state index contributed by atoms with van der Waals surface area (Å²) in [5, 5.41) is 2.92. The smallest absolute Gasteiger partial charge is 0.272 e. The van der Waals surface area contributed by atoms with Crippen LogP contribution in [0.1, 0.15) is 27.1 Å². The van der Waals surface area contributed by atoms with E-state index in [1.807, 2.05) is 24.5 Å². The summed E-state index contributed by atoms with van der Waals surface area (Å²) in [6, 6.07) is 26.2. The van der Waals surface area contributed by atoms with E-state index in [9.17, 15) is 18.0 Å². The number of amides is 2. The Kier molecular flexibility index (Phi) is 9.25. The van der Waals surface area contributed by atoms with Gasteiger partial charge in [0.15, 0.2) is 0 Å². The van der Waals surface area contributed by atoms with Gasteiger partial charge >= 0.3 is 0 Å². The summed E-state index contributed by atoms with van der Waals surface area (Å²) >= 11 is 0. The first-order valence-electron chi connectivity index (χ1n) is 13.9. The van der Waals surface area contributed by atoms with Crippen LogP contribution in [-0.2, 0) is 10.0 Å². The Morgan fingerprint density at radius 3 is 2.02 bits per heavy atom. The zero-order valence-electron chi connectivity index (χ0n) is 23.2. The first kappa shape index (κ1) is 29.0. The van der Waals surface area contributed by atoms with Gasteiger partial charge in [0.1, 0.15) is 0 Å². The lowest BCUT2D eigenvalue weighted by molar-refractivity contribution is 0.0950. The number of sulfonamides is 1. The average molecular weight is 584 g/mol. The number of carbonyl (C=O) groups is 2. The predicted octanol–water partition coefficient (Wildman–Crippen LogP) is 4.06. The van der Waals surface area contributed by atoms with Gasteiger partial charge in [-0.25, -0.2) is 8.42 Å². The molecule has 0 bridgehead atoms. The molecule has 0 radical (unpaired) electrons. The van der Waals surface area contributed by atoms with E-state index in [0.717, 1.165) is 43.4 Å². The summed E-state index contributed by atoms with van der Waals surface area (Å²) in [5.74, 6) is -0.941. The number of hydrogen-bond acceptors (Lipinski definition) is 7. The summed E-state index contributed by atoms with van der Waals surface area (Å²) in [5.41, 5.74) is 2.01. The molecule has 1 fully saturated rings. The summed E-state index contributed by atoms with van der Waals surface area (Å²) in [4.78, 5) is 34.8. The summed E-state index contributed by atoms with van der Waals surface area (Å²) in [6.07, 6.45) is 4.42. The van der Waals surface area contributed by atoms with Crippen LogP contribution in [0, 0.1) is 0 Å². The molecule has 1 aliphatic rings. The van der Waals surface area contributed by atoms with E-state index in [1.165, 1.54) is 30.0 Å². The molecule has 2 amide bonds. The number of rotatable bonds is 10. The minimum absolute atomic E-state index is 0.0851. The molecule has 42 heavy (non-hydrogen) atoms. The first-order chi connectivity index (χ1) is 20.4. The third-order valence-corrected chi connectivity index (χ3v) is 8.91. The van der Waals surface area contributed by atoms with Crippen molar-refractivity contribution >= 4 is 33.2 Å². The summed E-state index contributed by atoms with van der Waals surface area (Å²) in [7, 11) is -4.26. The van der Waals surface area contributed by atoms with Gasteiger partial charge in [0.05, 0.1) is 10.6 Å². The Morgan fingerprint density at radius 2 is 1.38 bits per heavy atom. The molecule has 4 aromatic rings. The SMILES string of the molecule is O=C(NCCCN1CCN(c2ccncc2)CC1)c1ccc(S(=O)(=O)N(C(=O)c2ccccc2)c2ccccc2)cc1. The van der Waals surface area contributed by atoms with Crippen LogP contribution in [0.3, 0.4) is 0 Å². The van der Waals surface area contributed by atoms with Crippen LogP contribution in [0.4, 0.5) is 11.4 Å². The van der Waals surface area contributed by atoms with Crippen molar-refractivity contribution in [1.82, 2.24) is 15.2 Å². The second-order valence-electron chi connectivity index (χ2n) is 9.94. The second kappa shape index (κ2) is 13.4. The molecule has 0 saturated carbocycles. The lowest BCUT2D eigenvalue weighted by Crippen LogP contribution is -2.47. The number of benzene rings is 3. The number of piperazine rings is 1. The molecule has 0 atom stereocenters. The molecule has 3 aromatic carbocycles. The van der Waals surface area contributed by atoms with Crippen molar-refractivity contribution in [2.75, 3.05) is 48.5 Å². The number of carbonyl (C=O) groups excluding carboxylic acids is 2. The Labute approximate surface area is 246 Å². The molecule has 5 rings (SSSR count). The number of para-hydroxylation sites is 1. The van der Waals surface area contributed by atoms with Crippen molar-refractivity contribution in [1.29, 1.82) is 0 Å². The van der Waals surface area contributed by atoms with Gasteiger partial charge < -0.3 is 10.2 Å². The van der Waals surface area contributed by atoms with Crippen LogP contribution in [0.25, 0.3) is 0 Å². The molecule has 216 valence electrons. The van der Waals surface area contributed by atoms with Crippen LogP contribution in [0.15, 0.2) is 114 Å². The quantitative estimate of drug-likeness (QED) is 0.281. The third-order valence-electron chi connectivity index (χ3n) is 7.19. The highest BCUT2D eigenvalue weighted by molar-refractivity contribution is 7.93. The lowest BCUT2D eigenvalue weighted by atomic mass is 10.2. The van der Waals surface area contributed by atoms with Crippen LogP contribution in [-0.4, -0.2) is 69.4 Å². The molecule has 2 heterocycles. The van der Waals surface area contributed by atoms with E-state index < -0.39 is 15.9 Å². The zero-order valence-corrected chi connectivity index (χ0v) is 24.0. The maximum atomic E-state index is 13.7. The fraction of sp³-hybridized carbons (Fsp3) is 0.219. The normalized spacial score (nSPS) is 13.9. The molecular formula is C32H33N5O4S. The van der Waals surface area contributed by atoms with Gasteiger partial charge in [-0.05, 0) is 73.6 Å². The lowest BCUT2D eigenvalue weighted by Gasteiger charge is -2.36. The van der Waals surface area contributed by atoms with E-state index >= 15 is 0 Å². The molecule has 0 unspecified atom stereocenters. The standard InChI is InChI=1S/C32H33N5O4S/c38-31(34-18-7-21-35-22-24-36(25-23-35)28-16-19-33-20-17-28)26-12-14-30(15-13-26)42(40,41)37(29-10-5-2-6-11-29)32(39)27-8-3-1-4-9-27/h1-6,8-17,19-20H,7,18,21-25H2,(H,34,38). The van der Waals surface area contributed by atoms with Gasteiger partial charge in [0.25, 0.3) is 21.8 Å². The summed E-state index contributed by atoms with van der Waals surface area (Å²) in [6.45, 7) is 5.20. The monoisotopic (exact) mass is 583 g/mol. The molecule has 1 saturated heterocycles. The highest BCUT2D eigenvalue weighted by atomic mass is 32.2. The molecule has 0 spiro atoms. The Balaban J connectivity index is 1.16. The third kappa shape index (κ3) is 6.84. The van der Waals surface area contributed by atoms with Crippen LogP contribution in [0.2, 0.25) is 0 Å². The van der Waals surface area contributed by atoms with Crippen molar-refractivity contribution in [2.45, 2.75) is 11.3 Å².